The fourth-order valence-corrected chi connectivity index (χ4v) is 5.62. The average molecular weight is 424 g/mol. The summed E-state index contributed by atoms with van der Waals surface area (Å²) in [5.41, 5.74) is 0.285. The van der Waals surface area contributed by atoms with E-state index in [4.69, 9.17) is 4.74 Å². The van der Waals surface area contributed by atoms with Crippen molar-refractivity contribution >= 4 is 27.5 Å². The predicted octanol–water partition coefficient (Wildman–Crippen LogP) is 1.79. The van der Waals surface area contributed by atoms with Crippen molar-refractivity contribution in [3.63, 3.8) is 0 Å². The second-order valence-corrected chi connectivity index (χ2v) is 9.65. The summed E-state index contributed by atoms with van der Waals surface area (Å²) < 4.78 is 34.1. The van der Waals surface area contributed by atoms with Gasteiger partial charge >= 0.3 is 0 Å². The fourth-order valence-electron chi connectivity index (χ4n) is 4.55. The topological polar surface area (TPSA) is 92.8 Å². The summed E-state index contributed by atoms with van der Waals surface area (Å²) in [6.07, 6.45) is 2.93. The Labute approximate surface area is 174 Å². The van der Waals surface area contributed by atoms with Gasteiger partial charge in [-0.3, -0.25) is 9.59 Å². The first-order valence-corrected chi connectivity index (χ1v) is 11.2. The summed E-state index contributed by atoms with van der Waals surface area (Å²) in [4.78, 5) is 27.6. The number of nitrogens with one attached hydrogen (secondary N) is 1. The summed E-state index contributed by atoms with van der Waals surface area (Å²) in [5, 5.41) is 0. The number of carbonyl (C=O) groups excluding carboxylic acids is 2. The predicted molar refractivity (Wildman–Crippen MR) is 109 cm³/mol. The Morgan fingerprint density at radius 1 is 1.03 bits per heavy atom. The lowest BCUT2D eigenvalue weighted by Crippen LogP contribution is -2.48. The molecule has 8 heteroatoms. The molecule has 2 saturated heterocycles. The van der Waals surface area contributed by atoms with Gasteiger partial charge in [-0.15, -0.1) is 0 Å². The number of fused-ring (bicyclic) bond motifs is 5. The second-order valence-electron chi connectivity index (χ2n) is 7.89. The first-order chi connectivity index (χ1) is 14.3. The van der Waals surface area contributed by atoms with Crippen LogP contribution in [0.5, 0.6) is 0 Å². The smallest absolute Gasteiger partial charge is 0.241 e. The van der Waals surface area contributed by atoms with Gasteiger partial charge in [0.25, 0.3) is 0 Å². The van der Waals surface area contributed by atoms with E-state index >= 15 is 0 Å². The van der Waals surface area contributed by atoms with Crippen molar-refractivity contribution in [2.24, 2.45) is 11.8 Å². The summed E-state index contributed by atoms with van der Waals surface area (Å²) in [6.45, 7) is 1.75. The Bertz CT molecular complexity index is 1160. The van der Waals surface area contributed by atoms with Gasteiger partial charge < -0.3 is 4.74 Å². The van der Waals surface area contributed by atoms with Crippen LogP contribution >= 0.6 is 0 Å². The van der Waals surface area contributed by atoms with Gasteiger partial charge in [0.15, 0.2) is 0 Å². The minimum Gasteiger partial charge on any atom is -0.361 e. The molecule has 2 aromatic carbocycles. The van der Waals surface area contributed by atoms with E-state index in [-0.39, 0.29) is 23.3 Å². The van der Waals surface area contributed by atoms with E-state index in [1.54, 1.807) is 48.6 Å². The van der Waals surface area contributed by atoms with E-state index in [0.29, 0.717) is 5.69 Å². The molecule has 4 atom stereocenters. The van der Waals surface area contributed by atoms with Crippen molar-refractivity contribution in [3.8, 4) is 0 Å². The molecule has 5 rings (SSSR count). The number of hydrogen-bond acceptors (Lipinski definition) is 5. The Kier molecular flexibility index (Phi) is 4.22. The van der Waals surface area contributed by atoms with Crippen molar-refractivity contribution in [2.45, 2.75) is 23.5 Å². The number of imide groups is 1. The van der Waals surface area contributed by atoms with E-state index in [0.717, 1.165) is 5.56 Å². The average Bonchev–Trinajstić information content (AvgIpc) is 3.38. The van der Waals surface area contributed by atoms with Crippen LogP contribution in [0.4, 0.5) is 5.69 Å². The lowest BCUT2D eigenvalue weighted by molar-refractivity contribution is -0.126. The standard InChI is InChI=1S/C22H20N2O5S/c1-14-7-9-16(10-8-14)30(27,28)23-13-22-12-11-17(29-22)18-19(22)21(26)24(20(18)25)15-5-3-2-4-6-15/h2-12,17-19,23H,13H2,1H3/t17-,18+,19+,22-/m0/s1. The van der Waals surface area contributed by atoms with Crippen molar-refractivity contribution in [2.75, 3.05) is 11.4 Å². The lowest BCUT2D eigenvalue weighted by Gasteiger charge is -2.29. The molecule has 2 amide bonds. The van der Waals surface area contributed by atoms with E-state index in [2.05, 4.69) is 4.72 Å². The SMILES string of the molecule is Cc1ccc(S(=O)(=O)NC[C@]23C=C[C@H](O2)[C@H]2C(=O)N(c4ccccc4)C(=O)[C@@H]23)cc1. The van der Waals surface area contributed by atoms with Crippen molar-refractivity contribution in [3.05, 3.63) is 72.3 Å². The summed E-state index contributed by atoms with van der Waals surface area (Å²) in [7, 11) is -3.79. The maximum Gasteiger partial charge on any atom is 0.241 e. The minimum absolute atomic E-state index is 0.126. The number of benzene rings is 2. The highest BCUT2D eigenvalue weighted by atomic mass is 32.2. The number of hydrogen-bond donors (Lipinski definition) is 1. The Morgan fingerprint density at radius 3 is 2.43 bits per heavy atom. The molecule has 0 aromatic heterocycles. The van der Waals surface area contributed by atoms with E-state index in [1.165, 1.54) is 17.0 Å². The molecular formula is C22H20N2O5S. The molecule has 0 radical (unpaired) electrons. The maximum absolute atomic E-state index is 13.2. The molecule has 3 aliphatic rings. The molecule has 2 bridgehead atoms. The van der Waals surface area contributed by atoms with E-state index in [9.17, 15) is 18.0 Å². The van der Waals surface area contributed by atoms with Crippen LogP contribution in [0.25, 0.3) is 0 Å². The second kappa shape index (κ2) is 6.60. The number of carbonyl (C=O) groups is 2. The summed E-state index contributed by atoms with van der Waals surface area (Å²) in [5.74, 6) is -2.08. The highest BCUT2D eigenvalue weighted by molar-refractivity contribution is 7.89. The molecule has 7 nitrogen and oxygen atoms in total. The van der Waals surface area contributed by atoms with Crippen LogP contribution in [0.15, 0.2) is 71.6 Å². The number of anilines is 1. The number of sulfonamides is 1. The number of rotatable bonds is 5. The number of ether oxygens (including phenoxy) is 1. The van der Waals surface area contributed by atoms with Gasteiger partial charge in [-0.2, -0.15) is 0 Å². The molecule has 3 heterocycles. The monoisotopic (exact) mass is 424 g/mol. The Morgan fingerprint density at radius 2 is 1.73 bits per heavy atom. The number of para-hydroxylation sites is 1. The van der Waals surface area contributed by atoms with Crippen LogP contribution in [0.3, 0.4) is 0 Å². The maximum atomic E-state index is 13.2. The van der Waals surface area contributed by atoms with Crippen molar-refractivity contribution in [1.82, 2.24) is 4.72 Å². The summed E-state index contributed by atoms with van der Waals surface area (Å²) >= 11 is 0. The number of aryl methyl sites for hydroxylation is 1. The lowest BCUT2D eigenvalue weighted by atomic mass is 9.77. The van der Waals surface area contributed by atoms with Gasteiger partial charge in [-0.1, -0.05) is 48.0 Å². The van der Waals surface area contributed by atoms with Crippen LogP contribution in [-0.2, 0) is 24.3 Å². The zero-order chi connectivity index (χ0) is 21.1. The minimum atomic E-state index is -3.79. The quantitative estimate of drug-likeness (QED) is 0.584. The van der Waals surface area contributed by atoms with Crippen molar-refractivity contribution in [1.29, 1.82) is 0 Å². The number of nitrogens with zero attached hydrogens (tertiary/aromatic N) is 1. The van der Waals surface area contributed by atoms with Crippen LogP contribution in [0.2, 0.25) is 0 Å². The third-order valence-electron chi connectivity index (χ3n) is 6.04. The molecule has 2 fully saturated rings. The largest absolute Gasteiger partial charge is 0.361 e. The van der Waals surface area contributed by atoms with Crippen molar-refractivity contribution < 1.29 is 22.7 Å². The Balaban J connectivity index is 1.43. The van der Waals surface area contributed by atoms with E-state index < -0.39 is 33.6 Å². The van der Waals surface area contributed by atoms with Gasteiger partial charge in [-0.05, 0) is 31.2 Å². The Hall–Kier alpha value is -2.81. The molecule has 3 aliphatic heterocycles. The molecule has 154 valence electrons. The molecule has 0 aliphatic carbocycles. The highest BCUT2D eigenvalue weighted by Crippen LogP contribution is 2.52. The first-order valence-electron chi connectivity index (χ1n) is 9.69. The van der Waals surface area contributed by atoms with Crippen LogP contribution in [-0.4, -0.2) is 38.5 Å². The molecule has 1 N–H and O–H groups in total. The van der Waals surface area contributed by atoms with Crippen LogP contribution in [0, 0.1) is 18.8 Å². The van der Waals surface area contributed by atoms with Gasteiger partial charge in [-0.25, -0.2) is 18.0 Å². The summed E-state index contributed by atoms with van der Waals surface area (Å²) in [6, 6.07) is 15.3. The molecule has 0 saturated carbocycles. The third-order valence-corrected chi connectivity index (χ3v) is 7.46. The van der Waals surface area contributed by atoms with Gasteiger partial charge in [0.1, 0.15) is 5.60 Å². The number of amides is 2. The van der Waals surface area contributed by atoms with Gasteiger partial charge in [0, 0.05) is 6.54 Å². The first kappa shape index (κ1) is 19.2. The van der Waals surface area contributed by atoms with Gasteiger partial charge in [0.05, 0.1) is 28.5 Å². The van der Waals surface area contributed by atoms with Crippen LogP contribution in [0.1, 0.15) is 5.56 Å². The van der Waals surface area contributed by atoms with Gasteiger partial charge in [0.2, 0.25) is 21.8 Å². The van der Waals surface area contributed by atoms with E-state index in [1.807, 2.05) is 13.0 Å². The molecule has 0 unspecified atom stereocenters. The third kappa shape index (κ3) is 2.75. The normalized spacial score (nSPS) is 29.6. The highest BCUT2D eigenvalue weighted by Gasteiger charge is 2.67. The molecule has 0 spiro atoms. The zero-order valence-corrected chi connectivity index (χ0v) is 17.0. The zero-order valence-electron chi connectivity index (χ0n) is 16.2. The fraction of sp³-hybridized carbons (Fsp3) is 0.273. The van der Waals surface area contributed by atoms with Crippen LogP contribution < -0.4 is 9.62 Å². The molecular weight excluding hydrogens is 404 g/mol. The molecule has 2 aromatic rings. The molecule has 30 heavy (non-hydrogen) atoms.